The van der Waals surface area contributed by atoms with Gasteiger partial charge in [0.25, 0.3) is 0 Å². The lowest BCUT2D eigenvalue weighted by Gasteiger charge is -2.63. The SMILES string of the molecule is C[C@H](CCC(=O)O)C1CCC2C3CCC4C[C@H](O)C[C@@H](O)[C@]4(C)C3C[C@H](O)[C@@]21C. The first kappa shape index (κ1) is 21.6. The fourth-order valence-electron chi connectivity index (χ4n) is 8.78. The smallest absolute Gasteiger partial charge is 0.303 e. The van der Waals surface area contributed by atoms with E-state index in [2.05, 4.69) is 20.8 Å². The van der Waals surface area contributed by atoms with E-state index in [9.17, 15) is 20.1 Å². The Kier molecular flexibility index (Phi) is 5.57. The van der Waals surface area contributed by atoms with Crippen LogP contribution >= 0.6 is 0 Å². The van der Waals surface area contributed by atoms with Crippen LogP contribution in [-0.4, -0.2) is 44.7 Å². The molecule has 0 aromatic carbocycles. The largest absolute Gasteiger partial charge is 0.481 e. The molecular formula is C24H40O5. The molecule has 5 heteroatoms. The second-order valence-corrected chi connectivity index (χ2v) is 11.4. The minimum absolute atomic E-state index is 0.151. The molecule has 0 radical (unpaired) electrons. The van der Waals surface area contributed by atoms with Gasteiger partial charge in [-0.15, -0.1) is 0 Å². The molecule has 0 aromatic rings. The van der Waals surface area contributed by atoms with Gasteiger partial charge in [-0.25, -0.2) is 0 Å². The molecule has 0 heterocycles. The average Bonchev–Trinajstić information content (AvgIpc) is 3.01. The van der Waals surface area contributed by atoms with Crippen molar-refractivity contribution < 1.29 is 25.2 Å². The number of carboxylic acid groups (broad SMARTS) is 1. The van der Waals surface area contributed by atoms with E-state index in [0.717, 1.165) is 38.5 Å². The van der Waals surface area contributed by atoms with Crippen LogP contribution in [0.1, 0.15) is 78.6 Å². The topological polar surface area (TPSA) is 98.0 Å². The molecule has 166 valence electrons. The Morgan fingerprint density at radius 1 is 0.931 bits per heavy atom. The minimum atomic E-state index is -0.736. The number of aliphatic carboxylic acids is 1. The van der Waals surface area contributed by atoms with Gasteiger partial charge in [-0.2, -0.15) is 0 Å². The van der Waals surface area contributed by atoms with Gasteiger partial charge in [0.15, 0.2) is 0 Å². The lowest BCUT2D eigenvalue weighted by atomic mass is 9.43. The van der Waals surface area contributed by atoms with Crippen molar-refractivity contribution in [2.24, 2.45) is 46.3 Å². The van der Waals surface area contributed by atoms with Gasteiger partial charge in [0.05, 0.1) is 18.3 Å². The molecule has 4 fully saturated rings. The monoisotopic (exact) mass is 408 g/mol. The predicted molar refractivity (Wildman–Crippen MR) is 110 cm³/mol. The quantitative estimate of drug-likeness (QED) is 0.571. The zero-order chi connectivity index (χ0) is 21.1. The first-order valence-corrected chi connectivity index (χ1v) is 11.9. The van der Waals surface area contributed by atoms with Crippen LogP contribution in [-0.2, 0) is 4.79 Å². The molecule has 4 saturated carbocycles. The summed E-state index contributed by atoms with van der Waals surface area (Å²) < 4.78 is 0. The second-order valence-electron chi connectivity index (χ2n) is 11.4. The van der Waals surface area contributed by atoms with Crippen molar-refractivity contribution >= 4 is 5.97 Å². The highest BCUT2D eigenvalue weighted by Gasteiger charge is 2.65. The van der Waals surface area contributed by atoms with Gasteiger partial charge in [-0.05, 0) is 97.7 Å². The highest BCUT2D eigenvalue weighted by molar-refractivity contribution is 5.66. The molecule has 4 rings (SSSR count). The van der Waals surface area contributed by atoms with Crippen molar-refractivity contribution in [3.05, 3.63) is 0 Å². The number of hydrogen-bond donors (Lipinski definition) is 4. The zero-order valence-corrected chi connectivity index (χ0v) is 18.3. The first-order chi connectivity index (χ1) is 13.6. The Morgan fingerprint density at radius 3 is 2.31 bits per heavy atom. The van der Waals surface area contributed by atoms with Crippen LogP contribution < -0.4 is 0 Å². The Morgan fingerprint density at radius 2 is 1.62 bits per heavy atom. The van der Waals surface area contributed by atoms with Crippen LogP contribution in [0, 0.1) is 46.3 Å². The van der Waals surface area contributed by atoms with E-state index in [1.54, 1.807) is 0 Å². The molecule has 5 unspecified atom stereocenters. The molecule has 0 aromatic heterocycles. The summed E-state index contributed by atoms with van der Waals surface area (Å²) in [5.41, 5.74) is -0.362. The van der Waals surface area contributed by atoms with Crippen LogP contribution in [0.5, 0.6) is 0 Å². The lowest BCUT2D eigenvalue weighted by molar-refractivity contribution is -0.207. The van der Waals surface area contributed by atoms with Crippen LogP contribution in [0.4, 0.5) is 0 Å². The van der Waals surface area contributed by atoms with E-state index in [1.165, 1.54) is 0 Å². The lowest BCUT2D eigenvalue weighted by Crippen LogP contribution is -2.62. The third kappa shape index (κ3) is 3.18. The molecule has 29 heavy (non-hydrogen) atoms. The molecule has 5 nitrogen and oxygen atoms in total. The van der Waals surface area contributed by atoms with Gasteiger partial charge >= 0.3 is 5.97 Å². The highest BCUT2D eigenvalue weighted by Crippen LogP contribution is 2.68. The van der Waals surface area contributed by atoms with E-state index in [0.29, 0.717) is 48.3 Å². The van der Waals surface area contributed by atoms with Crippen LogP contribution in [0.25, 0.3) is 0 Å². The number of hydrogen-bond acceptors (Lipinski definition) is 4. The first-order valence-electron chi connectivity index (χ1n) is 11.9. The summed E-state index contributed by atoms with van der Waals surface area (Å²) in [6.07, 6.45) is 5.95. The molecule has 4 aliphatic carbocycles. The molecule has 0 aliphatic heterocycles. The maximum absolute atomic E-state index is 11.5. The molecule has 0 saturated heterocycles. The summed E-state index contributed by atoms with van der Waals surface area (Å²) in [7, 11) is 0. The number of aliphatic hydroxyl groups excluding tert-OH is 3. The summed E-state index contributed by atoms with van der Waals surface area (Å²) in [5.74, 6) is 1.55. The van der Waals surface area contributed by atoms with Crippen LogP contribution in [0.15, 0.2) is 0 Å². The number of fused-ring (bicyclic) bond motifs is 5. The predicted octanol–water partition coefficient (Wildman–Crippen LogP) is 3.45. The molecule has 4 aliphatic rings. The van der Waals surface area contributed by atoms with E-state index >= 15 is 0 Å². The number of rotatable bonds is 4. The fourth-order valence-corrected chi connectivity index (χ4v) is 8.78. The van der Waals surface area contributed by atoms with Crippen molar-refractivity contribution in [3.8, 4) is 0 Å². The number of carboxylic acids is 1. The molecule has 4 N–H and O–H groups in total. The van der Waals surface area contributed by atoms with Gasteiger partial charge in [-0.1, -0.05) is 20.8 Å². The van der Waals surface area contributed by atoms with E-state index < -0.39 is 24.3 Å². The molecule has 11 atom stereocenters. The van der Waals surface area contributed by atoms with Gasteiger partial charge in [0, 0.05) is 6.42 Å². The van der Waals surface area contributed by atoms with Crippen LogP contribution in [0.2, 0.25) is 0 Å². The van der Waals surface area contributed by atoms with Crippen molar-refractivity contribution in [2.75, 3.05) is 0 Å². The van der Waals surface area contributed by atoms with Crippen LogP contribution in [0.3, 0.4) is 0 Å². The Labute approximate surface area is 174 Å². The standard InChI is InChI=1S/C24H40O5/c1-13(4-9-22(28)29)17-7-8-18-16-6-5-14-10-15(25)11-20(26)23(14,2)19(16)12-21(27)24(17,18)3/h13-21,25-27H,4-12H2,1-3H3,(H,28,29)/t13-,14?,15+,16?,17?,18?,19?,20-,21+,23+,24-/m1/s1. The van der Waals surface area contributed by atoms with Gasteiger partial charge < -0.3 is 20.4 Å². The summed E-state index contributed by atoms with van der Waals surface area (Å²) >= 11 is 0. The molecular weight excluding hydrogens is 368 g/mol. The minimum Gasteiger partial charge on any atom is -0.481 e. The van der Waals surface area contributed by atoms with Gasteiger partial charge in [0.1, 0.15) is 0 Å². The summed E-state index contributed by atoms with van der Waals surface area (Å²) in [5, 5.41) is 41.8. The van der Waals surface area contributed by atoms with Gasteiger partial charge in [-0.3, -0.25) is 4.79 Å². The molecule has 0 spiro atoms. The average molecular weight is 409 g/mol. The van der Waals surface area contributed by atoms with E-state index in [-0.39, 0.29) is 17.3 Å². The van der Waals surface area contributed by atoms with E-state index in [4.69, 9.17) is 5.11 Å². The summed E-state index contributed by atoms with van der Waals surface area (Å²) in [6, 6.07) is 0. The van der Waals surface area contributed by atoms with Crippen molar-refractivity contribution in [1.82, 2.24) is 0 Å². The third-order valence-corrected chi connectivity index (χ3v) is 10.4. The normalized spacial score (nSPS) is 52.9. The van der Waals surface area contributed by atoms with Crippen molar-refractivity contribution in [1.29, 1.82) is 0 Å². The second kappa shape index (κ2) is 7.49. The number of aliphatic hydroxyl groups is 3. The molecule has 0 bridgehead atoms. The van der Waals surface area contributed by atoms with Crippen molar-refractivity contribution in [2.45, 2.75) is 96.9 Å². The highest BCUT2D eigenvalue weighted by atomic mass is 16.4. The third-order valence-electron chi connectivity index (χ3n) is 10.4. The zero-order valence-electron chi connectivity index (χ0n) is 18.3. The van der Waals surface area contributed by atoms with E-state index in [1.807, 2.05) is 0 Å². The summed E-state index contributed by atoms with van der Waals surface area (Å²) in [6.45, 7) is 6.66. The fraction of sp³-hybridized carbons (Fsp3) is 0.958. The Bertz CT molecular complexity index is 637. The Hall–Kier alpha value is -0.650. The number of carbonyl (C=O) groups is 1. The maximum atomic E-state index is 11.5. The summed E-state index contributed by atoms with van der Waals surface area (Å²) in [4.78, 5) is 11.1. The Balaban J connectivity index is 1.59. The van der Waals surface area contributed by atoms with Gasteiger partial charge in [0.2, 0.25) is 0 Å². The maximum Gasteiger partial charge on any atom is 0.303 e. The van der Waals surface area contributed by atoms with Crippen molar-refractivity contribution in [3.63, 3.8) is 0 Å². The molecule has 0 amide bonds.